The smallest absolute Gasteiger partial charge is 0.317 e. The van der Waals surface area contributed by atoms with E-state index >= 15 is 0 Å². The maximum atomic E-state index is 12.3. The predicted octanol–water partition coefficient (Wildman–Crippen LogP) is 3.36. The van der Waals surface area contributed by atoms with Gasteiger partial charge in [-0.3, -0.25) is 14.5 Å². The molecule has 0 atom stereocenters. The molecule has 1 amide bonds. The first kappa shape index (κ1) is 20.8. The standard InChI is InChI=1S/C23H34N2O3/c1-23(2,3)18-9-6-16(7-10-18)8-11-21(26)24-19-12-20(13-19)25(15-22(27)28)14-17-4-5-17/h6-7,9-10,17,19-20H,4-5,8,11-15H2,1-3H3,(H,24,26)(H,27,28). The minimum atomic E-state index is -0.759. The molecule has 154 valence electrons. The molecule has 1 aromatic carbocycles. The van der Waals surface area contributed by atoms with Gasteiger partial charge >= 0.3 is 5.97 Å². The lowest BCUT2D eigenvalue weighted by molar-refractivity contribution is -0.140. The highest BCUT2D eigenvalue weighted by molar-refractivity contribution is 5.76. The molecule has 0 heterocycles. The average molecular weight is 387 g/mol. The van der Waals surface area contributed by atoms with Gasteiger partial charge in [0.2, 0.25) is 5.91 Å². The van der Waals surface area contributed by atoms with Crippen molar-refractivity contribution < 1.29 is 14.7 Å². The highest BCUT2D eigenvalue weighted by Crippen LogP contribution is 2.33. The van der Waals surface area contributed by atoms with Gasteiger partial charge in [-0.2, -0.15) is 0 Å². The van der Waals surface area contributed by atoms with Crippen LogP contribution in [0.15, 0.2) is 24.3 Å². The van der Waals surface area contributed by atoms with E-state index in [2.05, 4.69) is 55.3 Å². The molecule has 0 unspecified atom stereocenters. The number of carboxylic acid groups (broad SMARTS) is 1. The van der Waals surface area contributed by atoms with E-state index in [1.165, 1.54) is 24.0 Å². The third-order valence-electron chi connectivity index (χ3n) is 5.98. The zero-order valence-electron chi connectivity index (χ0n) is 17.4. The second-order valence-electron chi connectivity index (χ2n) is 9.60. The number of hydrogen-bond acceptors (Lipinski definition) is 3. The summed E-state index contributed by atoms with van der Waals surface area (Å²) in [5, 5.41) is 12.2. The number of carbonyl (C=O) groups excluding carboxylic acids is 1. The number of rotatable bonds is 9. The summed E-state index contributed by atoms with van der Waals surface area (Å²) in [5.41, 5.74) is 2.63. The molecule has 28 heavy (non-hydrogen) atoms. The Morgan fingerprint density at radius 1 is 1.14 bits per heavy atom. The monoisotopic (exact) mass is 386 g/mol. The van der Waals surface area contributed by atoms with Crippen LogP contribution in [0.25, 0.3) is 0 Å². The number of carboxylic acids is 1. The van der Waals surface area contributed by atoms with Gasteiger partial charge in [-0.25, -0.2) is 0 Å². The first-order valence-corrected chi connectivity index (χ1v) is 10.6. The van der Waals surface area contributed by atoms with Crippen LogP contribution < -0.4 is 5.32 Å². The number of nitrogens with zero attached hydrogens (tertiary/aromatic N) is 1. The lowest BCUT2D eigenvalue weighted by Crippen LogP contribution is -2.55. The summed E-state index contributed by atoms with van der Waals surface area (Å²) in [7, 11) is 0. The molecule has 5 heteroatoms. The number of nitrogens with one attached hydrogen (secondary N) is 1. The van der Waals surface area contributed by atoms with Crippen molar-refractivity contribution in [2.75, 3.05) is 13.1 Å². The molecule has 0 saturated heterocycles. The Morgan fingerprint density at radius 2 is 1.79 bits per heavy atom. The summed E-state index contributed by atoms with van der Waals surface area (Å²) < 4.78 is 0. The third-order valence-corrected chi connectivity index (χ3v) is 5.98. The summed E-state index contributed by atoms with van der Waals surface area (Å²) in [4.78, 5) is 25.5. The summed E-state index contributed by atoms with van der Waals surface area (Å²) in [6, 6.07) is 9.04. The zero-order chi connectivity index (χ0) is 20.3. The molecule has 0 radical (unpaired) electrons. The summed E-state index contributed by atoms with van der Waals surface area (Å²) in [6.07, 6.45) is 5.42. The predicted molar refractivity (Wildman–Crippen MR) is 110 cm³/mol. The van der Waals surface area contributed by atoms with E-state index in [0.717, 1.165) is 25.8 Å². The first-order valence-electron chi connectivity index (χ1n) is 10.6. The van der Waals surface area contributed by atoms with Crippen LogP contribution in [0.2, 0.25) is 0 Å². The van der Waals surface area contributed by atoms with Crippen molar-refractivity contribution in [3.63, 3.8) is 0 Å². The Bertz CT molecular complexity index is 683. The van der Waals surface area contributed by atoms with Gasteiger partial charge in [-0.05, 0) is 54.6 Å². The largest absolute Gasteiger partial charge is 0.480 e. The second-order valence-corrected chi connectivity index (χ2v) is 9.60. The van der Waals surface area contributed by atoms with Gasteiger partial charge in [0, 0.05) is 25.0 Å². The van der Waals surface area contributed by atoms with Gasteiger partial charge < -0.3 is 10.4 Å². The van der Waals surface area contributed by atoms with E-state index in [0.29, 0.717) is 18.4 Å². The zero-order valence-corrected chi connectivity index (χ0v) is 17.4. The number of aryl methyl sites for hydroxylation is 1. The first-order chi connectivity index (χ1) is 13.2. The van der Waals surface area contributed by atoms with Gasteiger partial charge in [0.1, 0.15) is 0 Å². The fourth-order valence-corrected chi connectivity index (χ4v) is 3.88. The van der Waals surface area contributed by atoms with Crippen molar-refractivity contribution in [1.29, 1.82) is 0 Å². The minimum absolute atomic E-state index is 0.0929. The molecule has 2 aliphatic carbocycles. The van der Waals surface area contributed by atoms with Gasteiger partial charge in [0.05, 0.1) is 6.54 Å². The van der Waals surface area contributed by atoms with Crippen molar-refractivity contribution in [2.24, 2.45) is 5.92 Å². The van der Waals surface area contributed by atoms with Crippen molar-refractivity contribution >= 4 is 11.9 Å². The third kappa shape index (κ3) is 6.06. The Labute approximate surface area is 168 Å². The summed E-state index contributed by atoms with van der Waals surface area (Å²) in [6.45, 7) is 7.60. The SMILES string of the molecule is CC(C)(C)c1ccc(CCC(=O)NC2CC(N(CC(=O)O)CC3CC3)C2)cc1. The number of hydrogen-bond donors (Lipinski definition) is 2. The van der Waals surface area contributed by atoms with Crippen LogP contribution in [0.5, 0.6) is 0 Å². The summed E-state index contributed by atoms with van der Waals surface area (Å²) in [5.74, 6) is 0.0126. The van der Waals surface area contributed by atoms with Crippen molar-refractivity contribution in [3.05, 3.63) is 35.4 Å². The minimum Gasteiger partial charge on any atom is -0.480 e. The molecular formula is C23H34N2O3. The molecule has 0 aliphatic heterocycles. The summed E-state index contributed by atoms with van der Waals surface area (Å²) >= 11 is 0. The van der Waals surface area contributed by atoms with Crippen LogP contribution in [0.4, 0.5) is 0 Å². The van der Waals surface area contributed by atoms with E-state index in [4.69, 9.17) is 5.11 Å². The molecule has 2 saturated carbocycles. The van der Waals surface area contributed by atoms with E-state index in [1.54, 1.807) is 0 Å². The Hall–Kier alpha value is -1.88. The molecule has 5 nitrogen and oxygen atoms in total. The van der Waals surface area contributed by atoms with Gasteiger partial charge in [0.25, 0.3) is 0 Å². The van der Waals surface area contributed by atoms with E-state index in [-0.39, 0.29) is 23.9 Å². The molecule has 1 aromatic rings. The Kier molecular flexibility index (Phi) is 6.43. The average Bonchev–Trinajstić information content (AvgIpc) is 3.38. The molecule has 2 N–H and O–H groups in total. The van der Waals surface area contributed by atoms with E-state index < -0.39 is 5.97 Å². The van der Waals surface area contributed by atoms with Crippen LogP contribution in [0.3, 0.4) is 0 Å². The van der Waals surface area contributed by atoms with Gasteiger partial charge in [-0.1, -0.05) is 45.0 Å². The lowest BCUT2D eigenvalue weighted by atomic mass is 9.85. The second kappa shape index (κ2) is 8.64. The van der Waals surface area contributed by atoms with Crippen molar-refractivity contribution in [1.82, 2.24) is 10.2 Å². The topological polar surface area (TPSA) is 69.6 Å². The normalized spacial score (nSPS) is 22.0. The van der Waals surface area contributed by atoms with Crippen LogP contribution in [-0.4, -0.2) is 47.1 Å². The van der Waals surface area contributed by atoms with Crippen molar-refractivity contribution in [2.45, 2.75) is 76.8 Å². The fourth-order valence-electron chi connectivity index (χ4n) is 3.88. The van der Waals surface area contributed by atoms with Gasteiger partial charge in [0.15, 0.2) is 0 Å². The van der Waals surface area contributed by atoms with Crippen LogP contribution in [0.1, 0.15) is 64.0 Å². The van der Waals surface area contributed by atoms with Crippen LogP contribution in [0, 0.1) is 5.92 Å². The molecule has 0 spiro atoms. The fraction of sp³-hybridized carbons (Fsp3) is 0.652. The Balaban J connectivity index is 1.38. The molecule has 3 rings (SSSR count). The molecule has 2 fully saturated rings. The number of benzene rings is 1. The van der Waals surface area contributed by atoms with Crippen LogP contribution >= 0.6 is 0 Å². The molecule has 2 aliphatic rings. The molecular weight excluding hydrogens is 352 g/mol. The maximum absolute atomic E-state index is 12.3. The number of aliphatic carboxylic acids is 1. The highest BCUT2D eigenvalue weighted by atomic mass is 16.4. The van der Waals surface area contributed by atoms with E-state index in [9.17, 15) is 9.59 Å². The highest BCUT2D eigenvalue weighted by Gasteiger charge is 2.37. The van der Waals surface area contributed by atoms with Crippen LogP contribution in [-0.2, 0) is 21.4 Å². The number of amides is 1. The van der Waals surface area contributed by atoms with E-state index in [1.807, 2.05) is 0 Å². The number of carbonyl (C=O) groups is 2. The molecule has 0 aromatic heterocycles. The van der Waals surface area contributed by atoms with Crippen molar-refractivity contribution in [3.8, 4) is 0 Å². The Morgan fingerprint density at radius 3 is 2.32 bits per heavy atom. The quantitative estimate of drug-likeness (QED) is 0.683. The maximum Gasteiger partial charge on any atom is 0.317 e. The molecule has 0 bridgehead atoms. The van der Waals surface area contributed by atoms with Gasteiger partial charge in [-0.15, -0.1) is 0 Å². The lowest BCUT2D eigenvalue weighted by Gasteiger charge is -2.42.